The minimum absolute atomic E-state index is 0.324. The second kappa shape index (κ2) is 9.14. The fourth-order valence-electron chi connectivity index (χ4n) is 4.96. The summed E-state index contributed by atoms with van der Waals surface area (Å²) in [5.74, 6) is 0.324. The number of aromatic hydroxyl groups is 1. The van der Waals surface area contributed by atoms with Crippen molar-refractivity contribution in [2.45, 2.75) is 31.9 Å². The van der Waals surface area contributed by atoms with Gasteiger partial charge in [-0.05, 0) is 43.5 Å². The Morgan fingerprint density at radius 1 is 0.938 bits per heavy atom. The number of aliphatic hydroxyl groups excluding tert-OH is 1. The molecule has 3 aromatic rings. The lowest BCUT2D eigenvalue weighted by Crippen LogP contribution is -2.49. The van der Waals surface area contributed by atoms with Gasteiger partial charge >= 0.3 is 0 Å². The van der Waals surface area contributed by atoms with Gasteiger partial charge in [0.05, 0.1) is 24.0 Å². The van der Waals surface area contributed by atoms with E-state index in [-0.39, 0.29) is 0 Å². The molecule has 32 heavy (non-hydrogen) atoms. The summed E-state index contributed by atoms with van der Waals surface area (Å²) < 4.78 is 2.02. The Morgan fingerprint density at radius 3 is 2.44 bits per heavy atom. The predicted molar refractivity (Wildman–Crippen MR) is 127 cm³/mol. The van der Waals surface area contributed by atoms with Crippen LogP contribution in [0.25, 0.3) is 11.3 Å². The maximum atomic E-state index is 10.9. The molecular formula is C25H29ClN4O2. The number of phenols is 1. The number of aromatic nitrogens is 2. The van der Waals surface area contributed by atoms with E-state index in [2.05, 4.69) is 9.80 Å². The van der Waals surface area contributed by atoms with Gasteiger partial charge in [0.1, 0.15) is 5.75 Å². The number of hydrogen-bond acceptors (Lipinski definition) is 5. The van der Waals surface area contributed by atoms with Gasteiger partial charge in [0.25, 0.3) is 0 Å². The second-order valence-corrected chi connectivity index (χ2v) is 9.18. The first-order valence-electron chi connectivity index (χ1n) is 11.4. The minimum Gasteiger partial charge on any atom is -0.506 e. The van der Waals surface area contributed by atoms with Crippen LogP contribution in [0.15, 0.2) is 48.5 Å². The molecule has 0 amide bonds. The predicted octanol–water partition coefficient (Wildman–Crippen LogP) is 3.58. The molecule has 1 atom stereocenters. The van der Waals surface area contributed by atoms with E-state index in [1.54, 1.807) is 6.07 Å². The molecule has 1 unspecified atom stereocenters. The van der Waals surface area contributed by atoms with Crippen LogP contribution in [0.2, 0.25) is 5.02 Å². The number of halogens is 1. The molecule has 168 valence electrons. The van der Waals surface area contributed by atoms with Crippen molar-refractivity contribution in [3.05, 3.63) is 64.8 Å². The van der Waals surface area contributed by atoms with E-state index >= 15 is 0 Å². The number of fused-ring (bicyclic) bond motifs is 1. The number of aliphatic hydroxyl groups is 1. The molecule has 1 fully saturated rings. The first-order valence-corrected chi connectivity index (χ1v) is 11.7. The van der Waals surface area contributed by atoms with Gasteiger partial charge in [-0.15, -0.1) is 0 Å². The van der Waals surface area contributed by atoms with E-state index in [1.807, 2.05) is 47.1 Å². The van der Waals surface area contributed by atoms with Crippen LogP contribution in [0.4, 0.5) is 5.69 Å². The van der Waals surface area contributed by atoms with E-state index in [9.17, 15) is 10.2 Å². The topological polar surface area (TPSA) is 64.8 Å². The average molecular weight is 453 g/mol. The summed E-state index contributed by atoms with van der Waals surface area (Å²) in [6.07, 6.45) is 2.71. The van der Waals surface area contributed by atoms with E-state index in [4.69, 9.17) is 16.7 Å². The number of nitrogens with zero attached hydrogens (tertiary/aromatic N) is 4. The van der Waals surface area contributed by atoms with Gasteiger partial charge in [-0.2, -0.15) is 5.10 Å². The number of hydrogen-bond donors (Lipinski definition) is 2. The van der Waals surface area contributed by atoms with Crippen molar-refractivity contribution in [3.8, 4) is 17.0 Å². The van der Waals surface area contributed by atoms with Gasteiger partial charge in [-0.3, -0.25) is 9.58 Å². The van der Waals surface area contributed by atoms with Crippen LogP contribution in [-0.4, -0.2) is 63.7 Å². The van der Waals surface area contributed by atoms with E-state index < -0.39 is 6.10 Å². The van der Waals surface area contributed by atoms with Crippen LogP contribution >= 0.6 is 11.6 Å². The molecular weight excluding hydrogens is 424 g/mol. The Hall–Kier alpha value is -2.54. The second-order valence-electron chi connectivity index (χ2n) is 8.75. The molecule has 0 spiro atoms. The number of anilines is 1. The van der Waals surface area contributed by atoms with Crippen LogP contribution in [-0.2, 0) is 19.4 Å². The number of rotatable bonds is 6. The quantitative estimate of drug-likeness (QED) is 0.598. The van der Waals surface area contributed by atoms with Crippen molar-refractivity contribution in [2.75, 3.05) is 37.6 Å². The van der Waals surface area contributed by atoms with Gasteiger partial charge in [0.15, 0.2) is 0 Å². The Labute approximate surface area is 193 Å². The third-order valence-electron chi connectivity index (χ3n) is 6.57. The fraction of sp³-hybridized carbons (Fsp3) is 0.400. The van der Waals surface area contributed by atoms with Crippen LogP contribution in [0.3, 0.4) is 0 Å². The van der Waals surface area contributed by atoms with Crippen LogP contribution in [0.1, 0.15) is 17.7 Å². The molecule has 1 aliphatic heterocycles. The number of para-hydroxylation sites is 2. The molecule has 2 aliphatic rings. The summed E-state index contributed by atoms with van der Waals surface area (Å²) in [6.45, 7) is 4.52. The lowest BCUT2D eigenvalue weighted by atomic mass is 10.1. The van der Waals surface area contributed by atoms with E-state index in [0.29, 0.717) is 18.8 Å². The summed E-state index contributed by atoms with van der Waals surface area (Å²) in [4.78, 5) is 4.50. The fourth-order valence-corrected chi connectivity index (χ4v) is 5.08. The van der Waals surface area contributed by atoms with Crippen LogP contribution in [0.5, 0.6) is 5.75 Å². The van der Waals surface area contributed by atoms with Gasteiger partial charge in [0.2, 0.25) is 0 Å². The molecule has 0 saturated carbocycles. The Kier molecular flexibility index (Phi) is 6.09. The zero-order chi connectivity index (χ0) is 22.1. The summed E-state index contributed by atoms with van der Waals surface area (Å²) in [7, 11) is 0. The maximum absolute atomic E-state index is 10.9. The number of phenolic OH excluding ortho intramolecular Hbond substituents is 1. The summed E-state index contributed by atoms with van der Waals surface area (Å²) in [5.41, 5.74) is 5.57. The molecule has 2 heterocycles. The summed E-state index contributed by atoms with van der Waals surface area (Å²) in [5, 5.41) is 26.6. The average Bonchev–Trinajstić information content (AvgIpc) is 3.40. The standard InChI is InChI=1S/C25H29ClN4O2/c26-19-10-8-18(9-11-19)25-21-4-3-6-22(21)30(27-25)17-20(31)16-28-12-14-29(15-13-28)23-5-1-2-7-24(23)32/h1-2,5,7-11,20,31-32H,3-4,6,12-17H2. The lowest BCUT2D eigenvalue weighted by Gasteiger charge is -2.37. The highest BCUT2D eigenvalue weighted by molar-refractivity contribution is 6.30. The smallest absolute Gasteiger partial charge is 0.138 e. The first-order chi connectivity index (χ1) is 15.6. The van der Waals surface area contributed by atoms with Crippen molar-refractivity contribution in [1.82, 2.24) is 14.7 Å². The summed E-state index contributed by atoms with van der Waals surface area (Å²) in [6, 6.07) is 15.3. The van der Waals surface area contributed by atoms with Crippen LogP contribution < -0.4 is 4.90 Å². The zero-order valence-corrected chi connectivity index (χ0v) is 18.9. The first kappa shape index (κ1) is 21.3. The highest BCUT2D eigenvalue weighted by Crippen LogP contribution is 2.33. The molecule has 6 nitrogen and oxygen atoms in total. The molecule has 0 radical (unpaired) electrons. The molecule has 2 aromatic carbocycles. The number of benzene rings is 2. The van der Waals surface area contributed by atoms with E-state index in [0.717, 1.165) is 67.4 Å². The number of β-amino-alcohol motifs (C(OH)–C–C–N with tert-alkyl or cyclic N) is 1. The third kappa shape index (κ3) is 4.35. The highest BCUT2D eigenvalue weighted by Gasteiger charge is 2.26. The van der Waals surface area contributed by atoms with E-state index in [1.165, 1.54) is 11.3 Å². The van der Waals surface area contributed by atoms with Gasteiger partial charge in [0, 0.05) is 54.6 Å². The molecule has 1 saturated heterocycles. The van der Waals surface area contributed by atoms with Crippen molar-refractivity contribution < 1.29 is 10.2 Å². The zero-order valence-electron chi connectivity index (χ0n) is 18.1. The molecule has 2 N–H and O–H groups in total. The summed E-state index contributed by atoms with van der Waals surface area (Å²) >= 11 is 6.06. The molecule has 7 heteroatoms. The highest BCUT2D eigenvalue weighted by atomic mass is 35.5. The minimum atomic E-state index is -0.477. The van der Waals surface area contributed by atoms with Gasteiger partial charge < -0.3 is 15.1 Å². The van der Waals surface area contributed by atoms with Crippen molar-refractivity contribution in [1.29, 1.82) is 0 Å². The Bertz CT molecular complexity index is 1070. The Morgan fingerprint density at radius 2 is 1.69 bits per heavy atom. The number of piperazine rings is 1. The van der Waals surface area contributed by atoms with Gasteiger partial charge in [-0.1, -0.05) is 35.9 Å². The SMILES string of the molecule is Oc1ccccc1N1CCN(CC(O)Cn2nc(-c3ccc(Cl)cc3)c3c2CCC3)CC1. The van der Waals surface area contributed by atoms with Gasteiger partial charge in [-0.25, -0.2) is 0 Å². The molecule has 1 aromatic heterocycles. The largest absolute Gasteiger partial charge is 0.506 e. The monoisotopic (exact) mass is 452 g/mol. The Balaban J connectivity index is 1.22. The normalized spacial score (nSPS) is 17.5. The molecule has 0 bridgehead atoms. The van der Waals surface area contributed by atoms with Crippen molar-refractivity contribution >= 4 is 17.3 Å². The van der Waals surface area contributed by atoms with Crippen LogP contribution in [0, 0.1) is 0 Å². The maximum Gasteiger partial charge on any atom is 0.138 e. The molecule has 5 rings (SSSR count). The third-order valence-corrected chi connectivity index (χ3v) is 6.82. The van der Waals surface area contributed by atoms with Crippen molar-refractivity contribution in [2.24, 2.45) is 0 Å². The molecule has 1 aliphatic carbocycles. The van der Waals surface area contributed by atoms with Crippen molar-refractivity contribution in [3.63, 3.8) is 0 Å². The lowest BCUT2D eigenvalue weighted by molar-refractivity contribution is 0.0913.